The van der Waals surface area contributed by atoms with Crippen LogP contribution in [0.3, 0.4) is 0 Å². The second-order valence-corrected chi connectivity index (χ2v) is 6.85. The number of amides is 1. The van der Waals surface area contributed by atoms with Crippen molar-refractivity contribution in [3.05, 3.63) is 82.9 Å². The summed E-state index contributed by atoms with van der Waals surface area (Å²) in [6, 6.07) is 19.3. The zero-order chi connectivity index (χ0) is 19.0. The van der Waals surface area contributed by atoms with Crippen LogP contribution in [0.5, 0.6) is 0 Å². The van der Waals surface area contributed by atoms with E-state index in [2.05, 4.69) is 10.3 Å². The zero-order valence-corrected chi connectivity index (χ0v) is 15.5. The van der Waals surface area contributed by atoms with Gasteiger partial charge in [-0.25, -0.2) is 4.98 Å². The first kappa shape index (κ1) is 17.0. The number of benzene rings is 3. The van der Waals surface area contributed by atoms with Gasteiger partial charge in [0.05, 0.1) is 0 Å². The highest BCUT2D eigenvalue weighted by molar-refractivity contribution is 6.05. The monoisotopic (exact) mass is 356 g/mol. The molecule has 4 nitrogen and oxygen atoms in total. The van der Waals surface area contributed by atoms with Crippen LogP contribution in [0.2, 0.25) is 0 Å². The first-order valence-electron chi connectivity index (χ1n) is 8.86. The number of nitrogens with zero attached hydrogens (tertiary/aromatic N) is 1. The lowest BCUT2D eigenvalue weighted by Crippen LogP contribution is -2.12. The fraction of sp³-hybridized carbons (Fsp3) is 0.130. The van der Waals surface area contributed by atoms with Crippen LogP contribution in [0.4, 0.5) is 5.69 Å². The molecular formula is C23H20N2O2. The van der Waals surface area contributed by atoms with Gasteiger partial charge in [0.1, 0.15) is 5.52 Å². The van der Waals surface area contributed by atoms with Crippen LogP contribution in [0.15, 0.2) is 65.1 Å². The van der Waals surface area contributed by atoms with Crippen molar-refractivity contribution in [2.75, 3.05) is 5.32 Å². The van der Waals surface area contributed by atoms with Gasteiger partial charge in [-0.1, -0.05) is 35.4 Å². The van der Waals surface area contributed by atoms with E-state index in [0.717, 1.165) is 22.3 Å². The summed E-state index contributed by atoms with van der Waals surface area (Å²) in [5.41, 5.74) is 6.95. The first-order valence-corrected chi connectivity index (χ1v) is 8.86. The van der Waals surface area contributed by atoms with Crippen LogP contribution in [0.25, 0.3) is 22.6 Å². The zero-order valence-electron chi connectivity index (χ0n) is 15.5. The average Bonchev–Trinajstić information content (AvgIpc) is 3.04. The molecule has 0 fully saturated rings. The average molecular weight is 356 g/mol. The van der Waals surface area contributed by atoms with Gasteiger partial charge < -0.3 is 9.73 Å². The number of nitrogens with one attached hydrogen (secondary N) is 1. The van der Waals surface area contributed by atoms with Crippen molar-refractivity contribution in [3.8, 4) is 11.5 Å². The number of hydrogen-bond donors (Lipinski definition) is 1. The van der Waals surface area contributed by atoms with E-state index in [0.29, 0.717) is 28.2 Å². The maximum Gasteiger partial charge on any atom is 0.255 e. The topological polar surface area (TPSA) is 55.1 Å². The van der Waals surface area contributed by atoms with E-state index in [1.807, 2.05) is 81.4 Å². The molecule has 1 N–H and O–H groups in total. The van der Waals surface area contributed by atoms with E-state index in [9.17, 15) is 4.79 Å². The highest BCUT2D eigenvalue weighted by Crippen LogP contribution is 2.28. The molecule has 0 unspecified atom stereocenters. The lowest BCUT2D eigenvalue weighted by molar-refractivity contribution is 0.102. The Balaban J connectivity index is 1.64. The molecule has 0 bridgehead atoms. The minimum absolute atomic E-state index is 0.135. The molecule has 0 aliphatic heterocycles. The molecule has 0 atom stereocenters. The molecule has 4 rings (SSSR count). The quantitative estimate of drug-likeness (QED) is 0.514. The Bertz CT molecular complexity index is 1140. The van der Waals surface area contributed by atoms with Crippen LogP contribution < -0.4 is 5.32 Å². The maximum absolute atomic E-state index is 12.6. The van der Waals surface area contributed by atoms with Crippen molar-refractivity contribution in [1.82, 2.24) is 4.98 Å². The van der Waals surface area contributed by atoms with Crippen molar-refractivity contribution < 1.29 is 9.21 Å². The lowest BCUT2D eigenvalue weighted by atomic mass is 10.1. The second-order valence-electron chi connectivity index (χ2n) is 6.85. The third kappa shape index (κ3) is 3.47. The van der Waals surface area contributed by atoms with Crippen LogP contribution in [-0.2, 0) is 0 Å². The highest BCUT2D eigenvalue weighted by Gasteiger charge is 2.12. The number of carbonyl (C=O) groups is 1. The fourth-order valence-corrected chi connectivity index (χ4v) is 3.24. The number of aryl methyl sites for hydroxylation is 3. The van der Waals surface area contributed by atoms with Gasteiger partial charge in [0.2, 0.25) is 5.89 Å². The van der Waals surface area contributed by atoms with E-state index in [-0.39, 0.29) is 5.91 Å². The predicted molar refractivity (Wildman–Crippen MR) is 108 cm³/mol. The number of fused-ring (bicyclic) bond motifs is 1. The Hall–Kier alpha value is -3.40. The van der Waals surface area contributed by atoms with Crippen molar-refractivity contribution in [3.63, 3.8) is 0 Å². The van der Waals surface area contributed by atoms with E-state index in [1.165, 1.54) is 0 Å². The summed E-state index contributed by atoms with van der Waals surface area (Å²) >= 11 is 0. The largest absolute Gasteiger partial charge is 0.436 e. The molecule has 1 amide bonds. The van der Waals surface area contributed by atoms with E-state index >= 15 is 0 Å². The summed E-state index contributed by atoms with van der Waals surface area (Å²) in [5, 5.41) is 2.94. The molecule has 4 aromatic rings. The van der Waals surface area contributed by atoms with Crippen molar-refractivity contribution in [2.45, 2.75) is 20.8 Å². The number of rotatable bonds is 3. The normalized spacial score (nSPS) is 10.9. The van der Waals surface area contributed by atoms with Crippen molar-refractivity contribution in [2.24, 2.45) is 0 Å². The predicted octanol–water partition coefficient (Wildman–Crippen LogP) is 5.67. The summed E-state index contributed by atoms with van der Waals surface area (Å²) < 4.78 is 5.89. The van der Waals surface area contributed by atoms with Crippen molar-refractivity contribution >= 4 is 22.7 Å². The molecule has 1 aromatic heterocycles. The number of oxazole rings is 1. The number of hydrogen-bond acceptors (Lipinski definition) is 3. The van der Waals surface area contributed by atoms with Gasteiger partial charge in [0.15, 0.2) is 5.58 Å². The summed E-state index contributed by atoms with van der Waals surface area (Å²) in [4.78, 5) is 17.2. The molecule has 4 heteroatoms. The fourth-order valence-electron chi connectivity index (χ4n) is 3.24. The third-order valence-corrected chi connectivity index (χ3v) is 4.50. The van der Waals surface area contributed by atoms with Gasteiger partial charge in [-0.05, 0) is 62.7 Å². The summed E-state index contributed by atoms with van der Waals surface area (Å²) in [6.07, 6.45) is 0. The third-order valence-electron chi connectivity index (χ3n) is 4.50. The lowest BCUT2D eigenvalue weighted by Gasteiger charge is -2.07. The van der Waals surface area contributed by atoms with Crippen LogP contribution in [0.1, 0.15) is 27.0 Å². The maximum atomic E-state index is 12.6. The minimum Gasteiger partial charge on any atom is -0.436 e. The highest BCUT2D eigenvalue weighted by atomic mass is 16.3. The smallest absolute Gasteiger partial charge is 0.255 e. The number of anilines is 1. The van der Waals surface area contributed by atoms with Gasteiger partial charge in [-0.3, -0.25) is 4.79 Å². The van der Waals surface area contributed by atoms with Gasteiger partial charge >= 0.3 is 0 Å². The van der Waals surface area contributed by atoms with E-state index in [1.54, 1.807) is 0 Å². The molecule has 0 spiro atoms. The molecule has 0 radical (unpaired) electrons. The molecule has 0 saturated carbocycles. The Morgan fingerprint density at radius 3 is 2.41 bits per heavy atom. The van der Waals surface area contributed by atoms with Crippen LogP contribution in [-0.4, -0.2) is 10.9 Å². The van der Waals surface area contributed by atoms with E-state index in [4.69, 9.17) is 4.42 Å². The van der Waals surface area contributed by atoms with E-state index < -0.39 is 0 Å². The van der Waals surface area contributed by atoms with Crippen molar-refractivity contribution in [1.29, 1.82) is 0 Å². The molecule has 0 aliphatic carbocycles. The number of aromatic nitrogens is 1. The molecule has 1 heterocycles. The second kappa shape index (κ2) is 6.72. The Labute approximate surface area is 157 Å². The molecular weight excluding hydrogens is 336 g/mol. The summed E-state index contributed by atoms with van der Waals surface area (Å²) in [5.74, 6) is 0.449. The van der Waals surface area contributed by atoms with Gasteiger partial charge in [-0.2, -0.15) is 0 Å². The Morgan fingerprint density at radius 2 is 1.67 bits per heavy atom. The first-order chi connectivity index (χ1) is 13.0. The summed E-state index contributed by atoms with van der Waals surface area (Å²) in [6.45, 7) is 6.00. The molecule has 0 saturated heterocycles. The number of carbonyl (C=O) groups excluding carboxylic acids is 1. The molecule has 134 valence electrons. The SMILES string of the molecule is Cc1cc(C)cc(C(=O)Nc2ccc3oc(-c4ccccc4C)nc3c2)c1. The Kier molecular flexibility index (Phi) is 4.24. The Morgan fingerprint density at radius 1 is 0.926 bits per heavy atom. The minimum atomic E-state index is -0.135. The molecule has 3 aromatic carbocycles. The van der Waals surface area contributed by atoms with Gasteiger partial charge in [0, 0.05) is 16.8 Å². The van der Waals surface area contributed by atoms with Crippen LogP contribution in [0, 0.1) is 20.8 Å². The summed E-state index contributed by atoms with van der Waals surface area (Å²) in [7, 11) is 0. The molecule has 27 heavy (non-hydrogen) atoms. The van der Waals surface area contributed by atoms with Gasteiger partial charge in [0.25, 0.3) is 5.91 Å². The molecule has 0 aliphatic rings. The standard InChI is InChI=1S/C23H20N2O2/c1-14-10-15(2)12-17(11-14)22(26)24-18-8-9-21-20(13-18)25-23(27-21)19-7-5-4-6-16(19)3/h4-13H,1-3H3,(H,24,26). The van der Waals surface area contributed by atoms with Gasteiger partial charge in [-0.15, -0.1) is 0 Å². The van der Waals surface area contributed by atoms with Crippen LogP contribution >= 0.6 is 0 Å².